The van der Waals surface area contributed by atoms with Crippen molar-refractivity contribution in [2.45, 2.75) is 24.9 Å². The Kier molecular flexibility index (Phi) is 5.48. The third-order valence-electron chi connectivity index (χ3n) is 3.90. The number of phosphoric acid groups is 1. The SMILES string of the molecule is NCCNc1nc2c(=O)[nH]c(N)nc2n1[C@H]1C[C@H](O)[C@@H](COP(=O)(O)O)O1. The zero-order chi connectivity index (χ0) is 19.8. The summed E-state index contributed by atoms with van der Waals surface area (Å²) in [6, 6.07) is 0. The Morgan fingerprint density at radius 1 is 1.44 bits per heavy atom. The van der Waals surface area contributed by atoms with Crippen LogP contribution in [0.2, 0.25) is 0 Å². The Morgan fingerprint density at radius 2 is 2.19 bits per heavy atom. The molecule has 0 radical (unpaired) electrons. The number of aromatic amines is 1. The molecule has 0 unspecified atom stereocenters. The summed E-state index contributed by atoms with van der Waals surface area (Å²) in [7, 11) is -4.71. The average Bonchev–Trinajstić information content (AvgIpc) is 3.10. The van der Waals surface area contributed by atoms with E-state index in [0.717, 1.165) is 0 Å². The quantitative estimate of drug-likeness (QED) is 0.244. The fourth-order valence-electron chi connectivity index (χ4n) is 2.78. The lowest BCUT2D eigenvalue weighted by molar-refractivity contribution is -0.0417. The molecule has 150 valence electrons. The molecule has 0 aliphatic carbocycles. The number of nitrogens with one attached hydrogen (secondary N) is 2. The van der Waals surface area contributed by atoms with Crippen molar-refractivity contribution >= 4 is 30.9 Å². The van der Waals surface area contributed by atoms with Crippen LogP contribution in [-0.2, 0) is 13.8 Å². The second-order valence-electron chi connectivity index (χ2n) is 5.86. The fourth-order valence-corrected chi connectivity index (χ4v) is 3.12. The van der Waals surface area contributed by atoms with Crippen LogP contribution in [0.25, 0.3) is 11.2 Å². The number of nitrogen functional groups attached to an aromatic ring is 1. The number of ether oxygens (including phenoxy) is 1. The molecule has 1 fully saturated rings. The standard InChI is InChI=1S/C12H20N7O7P/c13-1-2-15-12-16-8-9(17-11(14)18-10(8)21)19(12)7-3-5(20)6(26-7)4-25-27(22,23)24/h5-7,20H,1-4,13H2,(H,15,16)(H2,22,23,24)(H3,14,17,18,21)/t5-,6+,7+/m0/s1. The Hall–Kier alpha value is -2.06. The van der Waals surface area contributed by atoms with E-state index in [1.807, 2.05) is 0 Å². The molecular weight excluding hydrogens is 385 g/mol. The van der Waals surface area contributed by atoms with Crippen molar-refractivity contribution in [3.8, 4) is 0 Å². The first-order chi connectivity index (χ1) is 12.7. The molecular formula is C12H20N7O7P. The van der Waals surface area contributed by atoms with E-state index in [2.05, 4.69) is 24.8 Å². The maximum atomic E-state index is 12.1. The van der Waals surface area contributed by atoms with Crippen LogP contribution in [0, 0.1) is 0 Å². The van der Waals surface area contributed by atoms with E-state index in [1.54, 1.807) is 0 Å². The molecule has 3 atom stereocenters. The Balaban J connectivity index is 1.95. The van der Waals surface area contributed by atoms with Crippen molar-refractivity contribution in [2.24, 2.45) is 5.73 Å². The molecule has 0 spiro atoms. The maximum absolute atomic E-state index is 12.1. The predicted molar refractivity (Wildman–Crippen MR) is 92.6 cm³/mol. The normalized spacial score (nSPS) is 23.2. The maximum Gasteiger partial charge on any atom is 0.469 e. The highest BCUT2D eigenvalue weighted by Gasteiger charge is 2.38. The molecule has 15 heteroatoms. The number of aliphatic hydroxyl groups excluding tert-OH is 1. The molecule has 1 aliphatic rings. The van der Waals surface area contributed by atoms with E-state index in [1.165, 1.54) is 4.57 Å². The minimum Gasteiger partial charge on any atom is -0.390 e. The van der Waals surface area contributed by atoms with Gasteiger partial charge in [-0.15, -0.1) is 0 Å². The Labute approximate surface area is 151 Å². The minimum atomic E-state index is -4.71. The molecule has 3 heterocycles. The largest absolute Gasteiger partial charge is 0.469 e. The average molecular weight is 405 g/mol. The molecule has 14 nitrogen and oxygen atoms in total. The molecule has 1 saturated heterocycles. The summed E-state index contributed by atoms with van der Waals surface area (Å²) in [5.41, 5.74) is 10.7. The molecule has 1 aliphatic heterocycles. The number of imidazole rings is 1. The van der Waals surface area contributed by atoms with Crippen LogP contribution in [-0.4, -0.2) is 66.3 Å². The topological polar surface area (TPSA) is 224 Å². The summed E-state index contributed by atoms with van der Waals surface area (Å²) in [6.07, 6.45) is -2.85. The summed E-state index contributed by atoms with van der Waals surface area (Å²) in [5, 5.41) is 13.1. The number of nitrogens with zero attached hydrogens (tertiary/aromatic N) is 3. The van der Waals surface area contributed by atoms with Crippen molar-refractivity contribution in [3.05, 3.63) is 10.4 Å². The number of nitrogens with two attached hydrogens (primary N) is 2. The van der Waals surface area contributed by atoms with Gasteiger partial charge in [0.1, 0.15) is 12.3 Å². The van der Waals surface area contributed by atoms with Crippen LogP contribution in [0.1, 0.15) is 12.6 Å². The number of hydrogen-bond donors (Lipinski definition) is 7. The number of hydrogen-bond acceptors (Lipinski definition) is 10. The molecule has 0 bridgehead atoms. The second-order valence-corrected chi connectivity index (χ2v) is 7.10. The lowest BCUT2D eigenvalue weighted by Gasteiger charge is -2.18. The highest BCUT2D eigenvalue weighted by atomic mass is 31.2. The number of aliphatic hydroxyl groups is 1. The summed E-state index contributed by atoms with van der Waals surface area (Å²) < 4.78 is 22.4. The summed E-state index contributed by atoms with van der Waals surface area (Å²) in [5.74, 6) is 0.103. The highest BCUT2D eigenvalue weighted by molar-refractivity contribution is 7.46. The molecule has 27 heavy (non-hydrogen) atoms. The third-order valence-corrected chi connectivity index (χ3v) is 4.38. The van der Waals surface area contributed by atoms with Gasteiger partial charge in [0.25, 0.3) is 5.56 Å². The van der Waals surface area contributed by atoms with Gasteiger partial charge in [0.15, 0.2) is 11.2 Å². The number of phosphoric ester groups is 1. The number of anilines is 2. The van der Waals surface area contributed by atoms with Crippen LogP contribution in [0.15, 0.2) is 4.79 Å². The van der Waals surface area contributed by atoms with Gasteiger partial charge in [-0.2, -0.15) is 4.98 Å². The summed E-state index contributed by atoms with van der Waals surface area (Å²) >= 11 is 0. The van der Waals surface area contributed by atoms with Crippen LogP contribution in [0.3, 0.4) is 0 Å². The molecule has 0 saturated carbocycles. The highest BCUT2D eigenvalue weighted by Crippen LogP contribution is 2.39. The minimum absolute atomic E-state index is 0.0109. The first-order valence-corrected chi connectivity index (χ1v) is 9.48. The Bertz CT molecular complexity index is 925. The monoisotopic (exact) mass is 405 g/mol. The number of fused-ring (bicyclic) bond motifs is 1. The smallest absolute Gasteiger partial charge is 0.390 e. The zero-order valence-electron chi connectivity index (χ0n) is 14.0. The van der Waals surface area contributed by atoms with Crippen molar-refractivity contribution in [2.75, 3.05) is 30.7 Å². The molecule has 2 aromatic rings. The van der Waals surface area contributed by atoms with Gasteiger partial charge in [-0.1, -0.05) is 0 Å². The number of aromatic nitrogens is 4. The van der Waals surface area contributed by atoms with Gasteiger partial charge in [0.2, 0.25) is 11.9 Å². The van der Waals surface area contributed by atoms with Crippen LogP contribution >= 0.6 is 7.82 Å². The first kappa shape index (κ1) is 19.7. The van der Waals surface area contributed by atoms with E-state index in [-0.39, 0.29) is 29.5 Å². The molecule has 3 rings (SSSR count). The predicted octanol–water partition coefficient (Wildman–Crippen LogP) is -2.17. The molecule has 9 N–H and O–H groups in total. The van der Waals surface area contributed by atoms with E-state index in [0.29, 0.717) is 13.1 Å². The molecule has 0 aromatic carbocycles. The molecule has 2 aromatic heterocycles. The van der Waals surface area contributed by atoms with E-state index < -0.39 is 38.4 Å². The number of H-pyrrole nitrogens is 1. The third kappa shape index (κ3) is 4.27. The van der Waals surface area contributed by atoms with Gasteiger partial charge in [-0.3, -0.25) is 18.9 Å². The van der Waals surface area contributed by atoms with Gasteiger partial charge in [0.05, 0.1) is 12.7 Å². The van der Waals surface area contributed by atoms with Gasteiger partial charge >= 0.3 is 7.82 Å². The van der Waals surface area contributed by atoms with E-state index >= 15 is 0 Å². The molecule has 0 amide bonds. The van der Waals surface area contributed by atoms with Gasteiger partial charge in [0, 0.05) is 19.5 Å². The number of rotatable bonds is 7. The lowest BCUT2D eigenvalue weighted by Crippen LogP contribution is -2.26. The van der Waals surface area contributed by atoms with Gasteiger partial charge < -0.3 is 36.4 Å². The van der Waals surface area contributed by atoms with Crippen molar-refractivity contribution in [3.63, 3.8) is 0 Å². The van der Waals surface area contributed by atoms with E-state index in [9.17, 15) is 14.5 Å². The second kappa shape index (κ2) is 7.52. The van der Waals surface area contributed by atoms with Crippen molar-refractivity contribution in [1.82, 2.24) is 19.5 Å². The van der Waals surface area contributed by atoms with Crippen LogP contribution in [0.5, 0.6) is 0 Å². The van der Waals surface area contributed by atoms with Crippen LogP contribution in [0.4, 0.5) is 11.9 Å². The summed E-state index contributed by atoms with van der Waals surface area (Å²) in [4.78, 5) is 40.3. The first-order valence-electron chi connectivity index (χ1n) is 7.95. The lowest BCUT2D eigenvalue weighted by atomic mass is 10.2. The van der Waals surface area contributed by atoms with Crippen molar-refractivity contribution in [1.29, 1.82) is 0 Å². The Morgan fingerprint density at radius 3 is 2.85 bits per heavy atom. The van der Waals surface area contributed by atoms with Crippen LogP contribution < -0.4 is 22.3 Å². The van der Waals surface area contributed by atoms with E-state index in [4.69, 9.17) is 26.0 Å². The summed E-state index contributed by atoms with van der Waals surface area (Å²) in [6.45, 7) is 0.120. The van der Waals surface area contributed by atoms with Gasteiger partial charge in [-0.05, 0) is 0 Å². The fraction of sp³-hybridized carbons (Fsp3) is 0.583. The van der Waals surface area contributed by atoms with Gasteiger partial charge in [-0.25, -0.2) is 9.55 Å². The van der Waals surface area contributed by atoms with Crippen molar-refractivity contribution < 1.29 is 28.7 Å². The zero-order valence-corrected chi connectivity index (χ0v) is 14.9.